The van der Waals surface area contributed by atoms with Crippen LogP contribution in [0.25, 0.3) is 0 Å². The van der Waals surface area contributed by atoms with Crippen molar-refractivity contribution in [1.82, 2.24) is 0 Å². The number of esters is 3. The Morgan fingerprint density at radius 3 is 1.18 bits per heavy atom. The monoisotopic (exact) mass is 1070 g/mol. The number of hydrogen-bond donors (Lipinski definition) is 2. The van der Waals surface area contributed by atoms with E-state index in [0.29, 0.717) is 19.8 Å². The second-order valence-corrected chi connectivity index (χ2v) is 20.4. The van der Waals surface area contributed by atoms with Gasteiger partial charge in [-0.2, -0.15) is 0 Å². The smallest absolute Gasteiger partial charge is 0.314 e. The first-order valence-electron chi connectivity index (χ1n) is 25.2. The molecular formula is C60H64O14S2. The number of carboxylic acid groups (broad SMARTS) is 1. The molecule has 6 aromatic carbocycles. The predicted molar refractivity (Wildman–Crippen MR) is 286 cm³/mol. The molecule has 3 heterocycles. The first-order valence-corrected chi connectivity index (χ1v) is 26.9. The fourth-order valence-corrected chi connectivity index (χ4v) is 10.6. The fraction of sp³-hybridized carbons (Fsp3) is 0.333. The molecular weight excluding hydrogens is 1010 g/mol. The third kappa shape index (κ3) is 18.5. The van der Waals surface area contributed by atoms with Crippen LogP contribution in [-0.4, -0.2) is 93.8 Å². The zero-order valence-corrected chi connectivity index (χ0v) is 44.0. The van der Waals surface area contributed by atoms with Gasteiger partial charge in [0, 0.05) is 9.79 Å². The van der Waals surface area contributed by atoms with E-state index >= 15 is 0 Å². The Morgan fingerprint density at radius 2 is 0.816 bits per heavy atom. The van der Waals surface area contributed by atoms with Crippen LogP contribution in [0.4, 0.5) is 0 Å². The quantitative estimate of drug-likeness (QED) is 0.0543. The summed E-state index contributed by atoms with van der Waals surface area (Å²) < 4.78 is 47.9. The van der Waals surface area contributed by atoms with Crippen molar-refractivity contribution in [3.8, 4) is 0 Å². The molecule has 3 saturated heterocycles. The molecule has 3 fully saturated rings. The van der Waals surface area contributed by atoms with Gasteiger partial charge in [0.05, 0.1) is 64.3 Å². The van der Waals surface area contributed by atoms with Gasteiger partial charge in [-0.05, 0) is 60.4 Å². The van der Waals surface area contributed by atoms with Crippen LogP contribution in [0.3, 0.4) is 0 Å². The van der Waals surface area contributed by atoms with Gasteiger partial charge in [-0.3, -0.25) is 19.2 Å². The van der Waals surface area contributed by atoms with E-state index in [1.807, 2.05) is 184 Å². The van der Waals surface area contributed by atoms with Gasteiger partial charge < -0.3 is 48.1 Å². The van der Waals surface area contributed by atoms with E-state index < -0.39 is 72.0 Å². The highest BCUT2D eigenvalue weighted by molar-refractivity contribution is 8.00. The Bertz CT molecular complexity index is 2640. The summed E-state index contributed by atoms with van der Waals surface area (Å²) >= 11 is 3.13. The van der Waals surface area contributed by atoms with E-state index in [9.17, 15) is 24.3 Å². The van der Waals surface area contributed by atoms with Crippen LogP contribution in [0.15, 0.2) is 192 Å². The van der Waals surface area contributed by atoms with E-state index in [1.54, 1.807) is 11.8 Å². The zero-order chi connectivity index (χ0) is 53.5. The van der Waals surface area contributed by atoms with Crippen molar-refractivity contribution in [2.75, 3.05) is 0 Å². The van der Waals surface area contributed by atoms with E-state index in [2.05, 4.69) is 16.9 Å². The summed E-state index contributed by atoms with van der Waals surface area (Å²) in [6.07, 6.45) is -4.63. The lowest BCUT2D eigenvalue weighted by atomic mass is 9.99. The second-order valence-electron chi connectivity index (χ2n) is 18.0. The van der Waals surface area contributed by atoms with Gasteiger partial charge in [0.1, 0.15) is 41.4 Å². The average molecular weight is 1070 g/mol. The molecule has 14 nitrogen and oxygen atoms in total. The molecule has 0 aromatic heterocycles. The molecule has 10 atom stereocenters. The average Bonchev–Trinajstić information content (AvgIpc) is 3.84. The number of hydrogen-bond acceptors (Lipinski definition) is 15. The molecule has 16 heteroatoms. The molecule has 0 radical (unpaired) electrons. The highest BCUT2D eigenvalue weighted by Gasteiger charge is 2.49. The van der Waals surface area contributed by atoms with Crippen molar-refractivity contribution in [1.29, 1.82) is 0 Å². The summed E-state index contributed by atoms with van der Waals surface area (Å²) in [6.45, 7) is 5.15. The Hall–Kier alpha value is -6.18. The Kier molecular flexibility index (Phi) is 23.1. The molecule has 76 heavy (non-hydrogen) atoms. The lowest BCUT2D eigenvalue weighted by Crippen LogP contribution is -2.59. The third-order valence-electron chi connectivity index (χ3n) is 12.2. The number of aliphatic hydroxyl groups is 1. The van der Waals surface area contributed by atoms with Crippen LogP contribution >= 0.6 is 23.5 Å². The van der Waals surface area contributed by atoms with Crippen LogP contribution in [0.2, 0.25) is 0 Å². The van der Waals surface area contributed by atoms with Crippen molar-refractivity contribution < 1.29 is 67.3 Å². The summed E-state index contributed by atoms with van der Waals surface area (Å²) in [5, 5.41) is 19.9. The molecule has 400 valence electrons. The van der Waals surface area contributed by atoms with Crippen LogP contribution < -0.4 is 0 Å². The number of rotatable bonds is 20. The van der Waals surface area contributed by atoms with E-state index in [1.165, 1.54) is 11.8 Å². The first kappa shape index (κ1) is 57.5. The molecule has 9 rings (SSSR count). The number of carbonyl (C=O) groups excluding carboxylic acids is 3. The second kappa shape index (κ2) is 30.5. The van der Waals surface area contributed by atoms with Gasteiger partial charge in [-0.25, -0.2) is 0 Å². The molecule has 0 aliphatic carbocycles. The number of cyclic esters (lactones) is 2. The Labute approximate surface area is 452 Å². The molecule has 0 saturated carbocycles. The zero-order valence-electron chi connectivity index (χ0n) is 42.4. The lowest BCUT2D eigenvalue weighted by Gasteiger charge is -2.44. The minimum atomic E-state index is -1.06. The summed E-state index contributed by atoms with van der Waals surface area (Å²) in [6, 6.07) is 59.6. The molecule has 4 unspecified atom stereocenters. The van der Waals surface area contributed by atoms with Crippen LogP contribution in [0.1, 0.15) is 61.8 Å². The summed E-state index contributed by atoms with van der Waals surface area (Å²) in [5.74, 6) is -2.47. The number of aliphatic carboxylic acids is 1. The summed E-state index contributed by atoms with van der Waals surface area (Å²) in [5.41, 5.74) is 3.35. The predicted octanol–water partition coefficient (Wildman–Crippen LogP) is 10.4. The maximum atomic E-state index is 12.6. The molecule has 3 aliphatic rings. The van der Waals surface area contributed by atoms with Crippen molar-refractivity contribution in [2.45, 2.75) is 135 Å². The lowest BCUT2D eigenvalue weighted by molar-refractivity contribution is -0.238. The highest BCUT2D eigenvalue weighted by atomic mass is 32.2. The molecule has 6 aromatic rings. The number of carbonyl (C=O) groups is 4. The SMILES string of the molecule is CC1O[C@H](Sc2ccccc2)C(OCc2ccccc2)[C@@H](OCc2ccccc2)[C@@H]1O.CC1O[C@H](Sc2ccccc2)C(OCc2ccccc2)[C@@H](OCc2ccccc2)[C@@H]1OC(=O)CCC(=O)O.O=C1CCC(=O)O1. The number of carboxylic acids is 1. The van der Waals surface area contributed by atoms with Gasteiger partial charge in [-0.15, -0.1) is 0 Å². The third-order valence-corrected chi connectivity index (χ3v) is 14.5. The minimum Gasteiger partial charge on any atom is -0.481 e. The van der Waals surface area contributed by atoms with Gasteiger partial charge in [-0.1, -0.05) is 181 Å². The van der Waals surface area contributed by atoms with Gasteiger partial charge in [0.25, 0.3) is 0 Å². The van der Waals surface area contributed by atoms with Crippen LogP contribution in [0, 0.1) is 0 Å². The normalized spacial score (nSPS) is 23.9. The Morgan fingerprint density at radius 1 is 0.474 bits per heavy atom. The van der Waals surface area contributed by atoms with E-state index in [0.717, 1.165) is 32.0 Å². The highest BCUT2D eigenvalue weighted by Crippen LogP contribution is 2.39. The molecule has 0 spiro atoms. The number of ether oxygens (including phenoxy) is 8. The fourth-order valence-electron chi connectivity index (χ4n) is 8.23. The molecule has 3 aliphatic heterocycles. The maximum absolute atomic E-state index is 12.6. The molecule has 0 amide bonds. The van der Waals surface area contributed by atoms with Crippen molar-refractivity contribution in [3.63, 3.8) is 0 Å². The standard InChI is InChI=1S/C30H32O7S.C26H28O4S.C4H4O3/c1-21-27(37-26(33)18-17-25(31)32)28(34-19-22-11-5-2-6-12-22)29(35-20-23-13-7-3-8-14-23)30(36-21)38-24-15-9-4-10-16-24;1-19-23(27)24(28-17-20-11-5-2-6-12-20)25(29-18-21-13-7-3-8-14-21)26(30-19)31-22-15-9-4-10-16-22;5-3-1-2-4(6)7-3/h2-16,21,27-30H,17-20H2,1H3,(H,31,32);2-16,19,23-27H,17-18H2,1H3;1-2H2/t21?,27-,28+,29?,30-;19?,23-,24+,25?,26-;/m11./s1. The minimum absolute atomic E-state index is 0.234. The van der Waals surface area contributed by atoms with E-state index in [-0.39, 0.29) is 43.8 Å². The molecule has 0 bridgehead atoms. The van der Waals surface area contributed by atoms with Gasteiger partial charge in [0.2, 0.25) is 0 Å². The van der Waals surface area contributed by atoms with Crippen molar-refractivity contribution in [2.24, 2.45) is 0 Å². The summed E-state index contributed by atoms with van der Waals surface area (Å²) in [7, 11) is 0. The maximum Gasteiger partial charge on any atom is 0.314 e. The van der Waals surface area contributed by atoms with E-state index in [4.69, 9.17) is 38.3 Å². The van der Waals surface area contributed by atoms with Crippen molar-refractivity contribution >= 4 is 47.4 Å². The molecule has 2 N–H and O–H groups in total. The van der Waals surface area contributed by atoms with Gasteiger partial charge >= 0.3 is 23.9 Å². The topological polar surface area (TPSA) is 183 Å². The van der Waals surface area contributed by atoms with Crippen LogP contribution in [-0.2, 0) is 83.5 Å². The number of benzene rings is 6. The van der Waals surface area contributed by atoms with Gasteiger partial charge in [0.15, 0.2) is 6.10 Å². The van der Waals surface area contributed by atoms with Crippen LogP contribution in [0.5, 0.6) is 0 Å². The Balaban J connectivity index is 0.000000198. The summed E-state index contributed by atoms with van der Waals surface area (Å²) in [4.78, 5) is 45.7. The van der Waals surface area contributed by atoms with Crippen molar-refractivity contribution in [3.05, 3.63) is 204 Å². The number of aliphatic hydroxyl groups excluding tert-OH is 1. The number of thioether (sulfide) groups is 2. The largest absolute Gasteiger partial charge is 0.481 e. The first-order chi connectivity index (χ1) is 37.0.